The number of fused-ring (bicyclic) bond motifs is 7. The first-order valence-corrected chi connectivity index (χ1v) is 18.2. The Hall–Kier alpha value is -5.74. The average molecular weight is 660 g/mol. The molecule has 0 radical (unpaired) electrons. The van der Waals surface area contributed by atoms with Gasteiger partial charge < -0.3 is 4.90 Å². The quantitative estimate of drug-likeness (QED) is 0.178. The van der Waals surface area contributed by atoms with Gasteiger partial charge in [-0.15, -0.1) is 22.7 Å². The molecule has 0 atom stereocenters. The summed E-state index contributed by atoms with van der Waals surface area (Å²) in [6, 6.07) is 64.4. The summed E-state index contributed by atoms with van der Waals surface area (Å²) in [4.78, 5) is 2.44. The van der Waals surface area contributed by atoms with Crippen molar-refractivity contribution in [2.75, 3.05) is 4.90 Å². The van der Waals surface area contributed by atoms with E-state index in [0.717, 1.165) is 17.1 Å². The number of benzene rings is 8. The summed E-state index contributed by atoms with van der Waals surface area (Å²) < 4.78 is 5.29. The molecule has 8 aromatic carbocycles. The summed E-state index contributed by atoms with van der Waals surface area (Å²) in [5.74, 6) is 0. The monoisotopic (exact) mass is 659 g/mol. The molecule has 3 heteroatoms. The standard InChI is InChI=1S/C46H29NS2/c1-2-13-34-30(11-1)12-9-19-41(34)47(33-26-23-31(24-27-33)36-17-10-22-44-46(36)39-16-5-8-21-43(39)48-44)40-18-6-3-14-35(40)32-25-28-38-37-15-4-7-20-42(37)49-45(38)29-32/h1-29H. The third kappa shape index (κ3) is 4.66. The van der Waals surface area contributed by atoms with Crippen LogP contribution in [0.1, 0.15) is 0 Å². The Bertz CT molecular complexity index is 2830. The highest BCUT2D eigenvalue weighted by Crippen LogP contribution is 2.46. The molecule has 0 amide bonds. The van der Waals surface area contributed by atoms with E-state index in [1.807, 2.05) is 22.7 Å². The zero-order valence-corrected chi connectivity index (χ0v) is 28.1. The van der Waals surface area contributed by atoms with Crippen molar-refractivity contribution >= 4 is 90.9 Å². The largest absolute Gasteiger partial charge is 0.309 e. The minimum atomic E-state index is 1.12. The van der Waals surface area contributed by atoms with Crippen LogP contribution in [-0.4, -0.2) is 0 Å². The molecule has 0 saturated carbocycles. The van der Waals surface area contributed by atoms with Gasteiger partial charge in [-0.25, -0.2) is 0 Å². The van der Waals surface area contributed by atoms with Crippen LogP contribution in [0.3, 0.4) is 0 Å². The van der Waals surface area contributed by atoms with Crippen LogP contribution >= 0.6 is 22.7 Å². The van der Waals surface area contributed by atoms with Crippen LogP contribution in [0.2, 0.25) is 0 Å². The average Bonchev–Trinajstić information content (AvgIpc) is 3.74. The maximum absolute atomic E-state index is 2.44. The number of rotatable bonds is 5. The van der Waals surface area contributed by atoms with Gasteiger partial charge in [0.1, 0.15) is 0 Å². The molecule has 0 bridgehead atoms. The molecule has 0 aliphatic carbocycles. The van der Waals surface area contributed by atoms with Crippen molar-refractivity contribution in [1.29, 1.82) is 0 Å². The number of para-hydroxylation sites is 1. The summed E-state index contributed by atoms with van der Waals surface area (Å²) in [6.07, 6.45) is 0. The number of thiophene rings is 2. The van der Waals surface area contributed by atoms with E-state index in [1.165, 1.54) is 73.4 Å². The predicted molar refractivity (Wildman–Crippen MR) is 215 cm³/mol. The van der Waals surface area contributed by atoms with Crippen LogP contribution in [0, 0.1) is 0 Å². The highest BCUT2D eigenvalue weighted by molar-refractivity contribution is 7.26. The van der Waals surface area contributed by atoms with Crippen LogP contribution in [0.5, 0.6) is 0 Å². The molecule has 0 unspecified atom stereocenters. The van der Waals surface area contributed by atoms with Gasteiger partial charge in [-0.3, -0.25) is 0 Å². The van der Waals surface area contributed by atoms with Crippen LogP contribution < -0.4 is 4.90 Å². The Labute approximate surface area is 292 Å². The summed E-state index contributed by atoms with van der Waals surface area (Å²) in [6.45, 7) is 0. The van der Waals surface area contributed by atoms with Gasteiger partial charge in [-0.1, -0.05) is 127 Å². The highest BCUT2D eigenvalue weighted by Gasteiger charge is 2.20. The lowest BCUT2D eigenvalue weighted by Crippen LogP contribution is -2.11. The molecule has 0 N–H and O–H groups in total. The lowest BCUT2D eigenvalue weighted by atomic mass is 9.98. The fourth-order valence-electron chi connectivity index (χ4n) is 7.42. The van der Waals surface area contributed by atoms with Gasteiger partial charge in [0.25, 0.3) is 0 Å². The summed E-state index contributed by atoms with van der Waals surface area (Å²) in [5.41, 5.74) is 8.35. The molecule has 0 spiro atoms. The molecular formula is C46H29NS2. The molecule has 0 aliphatic rings. The third-order valence-electron chi connectivity index (χ3n) is 9.68. The molecule has 0 aliphatic heterocycles. The van der Waals surface area contributed by atoms with Crippen molar-refractivity contribution in [1.82, 2.24) is 0 Å². The molecule has 230 valence electrons. The number of anilines is 3. The Morgan fingerprint density at radius 1 is 0.347 bits per heavy atom. The van der Waals surface area contributed by atoms with Gasteiger partial charge in [0.15, 0.2) is 0 Å². The number of nitrogens with zero attached hydrogens (tertiary/aromatic N) is 1. The zero-order valence-electron chi connectivity index (χ0n) is 26.5. The minimum Gasteiger partial charge on any atom is -0.309 e. The SMILES string of the molecule is c1ccc(N(c2ccc(-c3cccc4sc5ccccc5c34)cc2)c2cccc3ccccc23)c(-c2ccc3c(c2)sc2ccccc23)c1. The maximum atomic E-state index is 2.44. The van der Waals surface area contributed by atoms with Crippen LogP contribution in [-0.2, 0) is 0 Å². The first-order valence-electron chi connectivity index (χ1n) is 16.6. The smallest absolute Gasteiger partial charge is 0.0540 e. The minimum absolute atomic E-state index is 1.12. The lowest BCUT2D eigenvalue weighted by Gasteiger charge is -2.29. The van der Waals surface area contributed by atoms with E-state index in [2.05, 4.69) is 181 Å². The molecular weight excluding hydrogens is 631 g/mol. The van der Waals surface area contributed by atoms with E-state index in [9.17, 15) is 0 Å². The molecule has 0 fully saturated rings. The highest BCUT2D eigenvalue weighted by atomic mass is 32.1. The lowest BCUT2D eigenvalue weighted by molar-refractivity contribution is 1.30. The molecule has 10 aromatic rings. The molecule has 10 rings (SSSR count). The first kappa shape index (κ1) is 28.3. The zero-order chi connectivity index (χ0) is 32.3. The molecule has 2 heterocycles. The maximum Gasteiger partial charge on any atom is 0.0540 e. The molecule has 0 saturated heterocycles. The van der Waals surface area contributed by atoms with Gasteiger partial charge >= 0.3 is 0 Å². The first-order chi connectivity index (χ1) is 24.3. The number of hydrogen-bond donors (Lipinski definition) is 0. The van der Waals surface area contributed by atoms with E-state index in [-0.39, 0.29) is 0 Å². The Kier molecular flexibility index (Phi) is 6.61. The van der Waals surface area contributed by atoms with Gasteiger partial charge in [0.05, 0.1) is 11.4 Å². The normalized spacial score (nSPS) is 11.7. The summed E-state index contributed by atoms with van der Waals surface area (Å²) >= 11 is 3.74. The van der Waals surface area contributed by atoms with E-state index >= 15 is 0 Å². The fourth-order valence-corrected chi connectivity index (χ4v) is 9.70. The molecule has 2 aromatic heterocycles. The fraction of sp³-hybridized carbons (Fsp3) is 0. The predicted octanol–water partition coefficient (Wildman–Crippen LogP) is 14.4. The summed E-state index contributed by atoms with van der Waals surface area (Å²) in [7, 11) is 0. The topological polar surface area (TPSA) is 3.24 Å². The third-order valence-corrected chi connectivity index (χ3v) is 12.0. The molecule has 1 nitrogen and oxygen atoms in total. The van der Waals surface area contributed by atoms with E-state index in [1.54, 1.807) is 0 Å². The van der Waals surface area contributed by atoms with Crippen molar-refractivity contribution in [3.05, 3.63) is 176 Å². The Morgan fingerprint density at radius 2 is 0.918 bits per heavy atom. The second kappa shape index (κ2) is 11.5. The number of hydrogen-bond acceptors (Lipinski definition) is 3. The van der Waals surface area contributed by atoms with E-state index in [4.69, 9.17) is 0 Å². The van der Waals surface area contributed by atoms with E-state index < -0.39 is 0 Å². The van der Waals surface area contributed by atoms with Gasteiger partial charge in [-0.05, 0) is 70.6 Å². The van der Waals surface area contributed by atoms with Gasteiger partial charge in [-0.2, -0.15) is 0 Å². The molecule has 49 heavy (non-hydrogen) atoms. The Morgan fingerprint density at radius 3 is 1.80 bits per heavy atom. The second-order valence-corrected chi connectivity index (χ2v) is 14.7. The van der Waals surface area contributed by atoms with Crippen molar-refractivity contribution in [2.45, 2.75) is 0 Å². The van der Waals surface area contributed by atoms with Gasteiger partial charge in [0.2, 0.25) is 0 Å². The van der Waals surface area contributed by atoms with Gasteiger partial charge in [0, 0.05) is 57.0 Å². The van der Waals surface area contributed by atoms with E-state index in [0.29, 0.717) is 0 Å². The van der Waals surface area contributed by atoms with Crippen molar-refractivity contribution < 1.29 is 0 Å². The van der Waals surface area contributed by atoms with Crippen molar-refractivity contribution in [2.24, 2.45) is 0 Å². The van der Waals surface area contributed by atoms with Crippen LogP contribution in [0.15, 0.2) is 176 Å². The van der Waals surface area contributed by atoms with Crippen LogP contribution in [0.25, 0.3) is 73.4 Å². The van der Waals surface area contributed by atoms with Crippen LogP contribution in [0.4, 0.5) is 17.1 Å². The second-order valence-electron chi connectivity index (χ2n) is 12.5. The van der Waals surface area contributed by atoms with Crippen molar-refractivity contribution in [3.8, 4) is 22.3 Å². The van der Waals surface area contributed by atoms with Crippen molar-refractivity contribution in [3.63, 3.8) is 0 Å². The Balaban J connectivity index is 1.16. The summed E-state index contributed by atoms with van der Waals surface area (Å²) in [5, 5.41) is 7.75.